The van der Waals surface area contributed by atoms with Gasteiger partial charge in [0.15, 0.2) is 11.5 Å². The first kappa shape index (κ1) is 11.8. The second-order valence-corrected chi connectivity index (χ2v) is 4.71. The minimum atomic E-state index is -0.621. The number of ether oxygens (including phenoxy) is 3. The minimum absolute atomic E-state index is 0.165. The highest BCUT2D eigenvalue weighted by Gasteiger charge is 2.35. The number of aliphatic hydroxyl groups is 2. The van der Waals surface area contributed by atoms with Crippen molar-refractivity contribution in [2.24, 2.45) is 0 Å². The van der Waals surface area contributed by atoms with Crippen LogP contribution in [0.2, 0.25) is 0 Å². The fourth-order valence-corrected chi connectivity index (χ4v) is 2.50. The molecule has 2 aliphatic rings. The molecule has 0 aliphatic carbocycles. The average molecular weight is 252 g/mol. The largest absolute Gasteiger partial charge is 0.454 e. The maximum absolute atomic E-state index is 9.76. The first-order valence-corrected chi connectivity index (χ1v) is 6.03. The minimum Gasteiger partial charge on any atom is -0.454 e. The standard InChI is InChI=1S/C13H16O5/c1-7-2-11-12(17-6-16-11)3-8(7)10-4-9(15)13(5-14)18-10/h2-3,9-10,13-15H,4-6H2,1H3/t9?,10-,13-/m1/s1. The molecule has 3 rings (SSSR count). The van der Waals surface area contributed by atoms with Gasteiger partial charge in [0.2, 0.25) is 6.79 Å². The van der Waals surface area contributed by atoms with Crippen molar-refractivity contribution in [3.63, 3.8) is 0 Å². The van der Waals surface area contributed by atoms with Crippen molar-refractivity contribution in [2.45, 2.75) is 31.7 Å². The summed E-state index contributed by atoms with van der Waals surface area (Å²) in [6.45, 7) is 2.05. The molecule has 0 bridgehead atoms. The van der Waals surface area contributed by atoms with Crippen LogP contribution in [0, 0.1) is 6.92 Å². The van der Waals surface area contributed by atoms with E-state index >= 15 is 0 Å². The second-order valence-electron chi connectivity index (χ2n) is 4.71. The Balaban J connectivity index is 1.89. The quantitative estimate of drug-likeness (QED) is 0.818. The average Bonchev–Trinajstić information content (AvgIpc) is 2.93. The third kappa shape index (κ3) is 1.84. The van der Waals surface area contributed by atoms with Crippen molar-refractivity contribution in [3.05, 3.63) is 23.3 Å². The molecule has 0 aromatic heterocycles. The highest BCUT2D eigenvalue weighted by Crippen LogP contribution is 2.41. The molecule has 0 amide bonds. The van der Waals surface area contributed by atoms with E-state index in [0.717, 1.165) is 16.9 Å². The van der Waals surface area contributed by atoms with Gasteiger partial charge in [-0.25, -0.2) is 0 Å². The number of benzene rings is 1. The number of rotatable bonds is 2. The molecule has 3 atom stereocenters. The Morgan fingerprint density at radius 1 is 1.28 bits per heavy atom. The van der Waals surface area contributed by atoms with Gasteiger partial charge in [-0.15, -0.1) is 0 Å². The Morgan fingerprint density at radius 3 is 2.67 bits per heavy atom. The van der Waals surface area contributed by atoms with Gasteiger partial charge in [0, 0.05) is 6.42 Å². The second kappa shape index (κ2) is 4.42. The summed E-state index contributed by atoms with van der Waals surface area (Å²) in [5.41, 5.74) is 2.02. The van der Waals surface area contributed by atoms with Gasteiger partial charge in [-0.2, -0.15) is 0 Å². The molecular weight excluding hydrogens is 236 g/mol. The zero-order valence-electron chi connectivity index (χ0n) is 10.1. The van der Waals surface area contributed by atoms with Gasteiger partial charge < -0.3 is 24.4 Å². The molecule has 1 fully saturated rings. The van der Waals surface area contributed by atoms with Crippen molar-refractivity contribution in [1.29, 1.82) is 0 Å². The summed E-state index contributed by atoms with van der Waals surface area (Å²) in [4.78, 5) is 0. The summed E-state index contributed by atoms with van der Waals surface area (Å²) >= 11 is 0. The van der Waals surface area contributed by atoms with Crippen molar-refractivity contribution in [3.8, 4) is 11.5 Å². The smallest absolute Gasteiger partial charge is 0.231 e. The van der Waals surface area contributed by atoms with Crippen molar-refractivity contribution < 1.29 is 24.4 Å². The highest BCUT2D eigenvalue weighted by atomic mass is 16.7. The first-order valence-electron chi connectivity index (χ1n) is 6.03. The molecule has 5 nitrogen and oxygen atoms in total. The van der Waals surface area contributed by atoms with Gasteiger partial charge in [0.25, 0.3) is 0 Å². The van der Waals surface area contributed by atoms with Crippen LogP contribution in [0.25, 0.3) is 0 Å². The van der Waals surface area contributed by atoms with Gasteiger partial charge in [-0.3, -0.25) is 0 Å². The summed E-state index contributed by atoms with van der Waals surface area (Å²) in [6, 6.07) is 3.81. The molecule has 0 radical (unpaired) electrons. The number of fused-ring (bicyclic) bond motifs is 1. The Morgan fingerprint density at radius 2 is 2.00 bits per heavy atom. The van der Waals surface area contributed by atoms with Crippen LogP contribution in [0.4, 0.5) is 0 Å². The zero-order valence-corrected chi connectivity index (χ0v) is 10.1. The molecule has 98 valence electrons. The van der Waals surface area contributed by atoms with Crippen LogP contribution in [0.5, 0.6) is 11.5 Å². The molecule has 1 unspecified atom stereocenters. The lowest BCUT2D eigenvalue weighted by atomic mass is 9.99. The summed E-state index contributed by atoms with van der Waals surface area (Å²) < 4.78 is 16.3. The maximum atomic E-state index is 9.76. The lowest BCUT2D eigenvalue weighted by molar-refractivity contribution is -0.0227. The molecule has 18 heavy (non-hydrogen) atoms. The van der Waals surface area contributed by atoms with Crippen LogP contribution in [-0.4, -0.2) is 35.8 Å². The molecule has 5 heteroatoms. The molecular formula is C13H16O5. The van der Waals surface area contributed by atoms with E-state index in [1.54, 1.807) is 0 Å². The fraction of sp³-hybridized carbons (Fsp3) is 0.538. The molecule has 1 saturated heterocycles. The van der Waals surface area contributed by atoms with E-state index < -0.39 is 12.2 Å². The van der Waals surface area contributed by atoms with Crippen LogP contribution in [0.15, 0.2) is 12.1 Å². The van der Waals surface area contributed by atoms with Crippen LogP contribution in [-0.2, 0) is 4.74 Å². The van der Waals surface area contributed by atoms with E-state index in [1.165, 1.54) is 0 Å². The van der Waals surface area contributed by atoms with E-state index in [4.69, 9.17) is 19.3 Å². The molecule has 2 heterocycles. The van der Waals surface area contributed by atoms with Crippen molar-refractivity contribution in [1.82, 2.24) is 0 Å². The fourth-order valence-electron chi connectivity index (χ4n) is 2.50. The lowest BCUT2D eigenvalue weighted by Gasteiger charge is -2.15. The molecule has 1 aromatic rings. The number of hydrogen-bond acceptors (Lipinski definition) is 5. The summed E-state index contributed by atoms with van der Waals surface area (Å²) in [7, 11) is 0. The first-order chi connectivity index (χ1) is 8.69. The van der Waals surface area contributed by atoms with Crippen molar-refractivity contribution in [2.75, 3.05) is 13.4 Å². The third-order valence-electron chi connectivity index (χ3n) is 3.51. The van der Waals surface area contributed by atoms with Crippen LogP contribution >= 0.6 is 0 Å². The molecule has 0 spiro atoms. The Hall–Kier alpha value is -1.30. The van der Waals surface area contributed by atoms with Gasteiger partial charge in [-0.1, -0.05) is 0 Å². The summed E-state index contributed by atoms with van der Waals surface area (Å²) in [6.07, 6.45) is -0.831. The Kier molecular flexibility index (Phi) is 2.89. The molecule has 1 aromatic carbocycles. The Labute approximate surface area is 105 Å². The van der Waals surface area contributed by atoms with E-state index in [0.29, 0.717) is 12.2 Å². The van der Waals surface area contributed by atoms with Gasteiger partial charge in [-0.05, 0) is 30.2 Å². The van der Waals surface area contributed by atoms with E-state index in [2.05, 4.69) is 0 Å². The Bertz CT molecular complexity index is 459. The SMILES string of the molecule is Cc1cc2c(cc1[C@H]1CC(O)[C@@H](CO)O1)OCO2. The van der Waals surface area contributed by atoms with Crippen LogP contribution < -0.4 is 9.47 Å². The highest BCUT2D eigenvalue weighted by molar-refractivity contribution is 5.49. The van der Waals surface area contributed by atoms with Gasteiger partial charge in [0.05, 0.1) is 18.8 Å². The van der Waals surface area contributed by atoms with E-state index in [9.17, 15) is 5.11 Å². The molecule has 2 N–H and O–H groups in total. The van der Waals surface area contributed by atoms with Crippen LogP contribution in [0.1, 0.15) is 23.7 Å². The van der Waals surface area contributed by atoms with Gasteiger partial charge >= 0.3 is 0 Å². The third-order valence-corrected chi connectivity index (χ3v) is 3.51. The number of aliphatic hydroxyl groups excluding tert-OH is 2. The van der Waals surface area contributed by atoms with E-state index in [1.807, 2.05) is 19.1 Å². The maximum Gasteiger partial charge on any atom is 0.231 e. The predicted octanol–water partition coefficient (Wildman–Crippen LogP) is 0.907. The van der Waals surface area contributed by atoms with Crippen molar-refractivity contribution >= 4 is 0 Å². The number of hydrogen-bond donors (Lipinski definition) is 2. The summed E-state index contributed by atoms with van der Waals surface area (Å²) in [5, 5.41) is 18.9. The lowest BCUT2D eigenvalue weighted by Crippen LogP contribution is -2.24. The molecule has 0 saturated carbocycles. The normalized spacial score (nSPS) is 29.8. The van der Waals surface area contributed by atoms with E-state index in [-0.39, 0.29) is 19.5 Å². The predicted molar refractivity (Wildman–Crippen MR) is 62.6 cm³/mol. The topological polar surface area (TPSA) is 68.2 Å². The van der Waals surface area contributed by atoms with Crippen LogP contribution in [0.3, 0.4) is 0 Å². The zero-order chi connectivity index (χ0) is 12.7. The summed E-state index contributed by atoms with van der Waals surface area (Å²) in [5.74, 6) is 1.45. The monoisotopic (exact) mass is 252 g/mol. The number of aryl methyl sites for hydroxylation is 1. The van der Waals surface area contributed by atoms with Gasteiger partial charge in [0.1, 0.15) is 6.10 Å². The molecule has 2 aliphatic heterocycles.